The fourth-order valence-electron chi connectivity index (χ4n) is 1.40. The Morgan fingerprint density at radius 1 is 1.38 bits per heavy atom. The second-order valence-corrected chi connectivity index (χ2v) is 5.29. The predicted octanol–water partition coefficient (Wildman–Crippen LogP) is 3.75. The third kappa shape index (κ3) is 2.45. The fourth-order valence-corrected chi connectivity index (χ4v) is 2.34. The van der Waals surface area contributed by atoms with E-state index in [-0.39, 0.29) is 5.82 Å². The van der Waals surface area contributed by atoms with E-state index in [1.165, 1.54) is 12.1 Å². The zero-order valence-electron chi connectivity index (χ0n) is 8.54. The number of aromatic nitrogens is 2. The second kappa shape index (κ2) is 4.83. The largest absolute Gasteiger partial charge is 0.263 e. The molecule has 0 atom stereocenters. The van der Waals surface area contributed by atoms with Gasteiger partial charge in [0, 0.05) is 0 Å². The Morgan fingerprint density at radius 2 is 2.00 bits per heavy atom. The third-order valence-corrected chi connectivity index (χ3v) is 4.79. The lowest BCUT2D eigenvalue weighted by Crippen LogP contribution is -2.03. The molecule has 0 spiro atoms. The third-order valence-electron chi connectivity index (χ3n) is 2.34. The van der Waals surface area contributed by atoms with Crippen molar-refractivity contribution in [3.05, 3.63) is 49.5 Å². The SMILES string of the molecule is Cc1c(Br)c(I)nn1Cc1ccc(F)cc1. The van der Waals surface area contributed by atoms with Crippen LogP contribution < -0.4 is 0 Å². The first-order valence-corrected chi connectivity index (χ1v) is 6.58. The maximum atomic E-state index is 12.7. The Hall–Kier alpha value is -0.430. The Labute approximate surface area is 115 Å². The van der Waals surface area contributed by atoms with E-state index in [0.717, 1.165) is 19.4 Å². The highest BCUT2D eigenvalue weighted by Gasteiger charge is 2.09. The van der Waals surface area contributed by atoms with E-state index >= 15 is 0 Å². The zero-order chi connectivity index (χ0) is 11.7. The molecule has 1 heterocycles. The predicted molar refractivity (Wildman–Crippen MR) is 72.9 cm³/mol. The molecule has 0 fully saturated rings. The van der Waals surface area contributed by atoms with Gasteiger partial charge in [0.1, 0.15) is 9.52 Å². The van der Waals surface area contributed by atoms with Crippen molar-refractivity contribution in [1.29, 1.82) is 0 Å². The minimum atomic E-state index is -0.211. The summed E-state index contributed by atoms with van der Waals surface area (Å²) in [5.74, 6) is -0.211. The second-order valence-electron chi connectivity index (χ2n) is 3.47. The molecule has 0 bridgehead atoms. The molecule has 0 saturated heterocycles. The Bertz CT molecular complexity index is 507. The van der Waals surface area contributed by atoms with Crippen LogP contribution in [0.1, 0.15) is 11.3 Å². The monoisotopic (exact) mass is 394 g/mol. The minimum Gasteiger partial charge on any atom is -0.263 e. The average Bonchev–Trinajstić information content (AvgIpc) is 2.50. The normalized spacial score (nSPS) is 10.8. The maximum absolute atomic E-state index is 12.7. The summed E-state index contributed by atoms with van der Waals surface area (Å²) in [6.07, 6.45) is 0. The van der Waals surface area contributed by atoms with Crippen molar-refractivity contribution >= 4 is 38.5 Å². The molecular formula is C11H9BrFIN2. The van der Waals surface area contributed by atoms with Gasteiger partial charge in [-0.2, -0.15) is 5.10 Å². The van der Waals surface area contributed by atoms with Gasteiger partial charge < -0.3 is 0 Å². The van der Waals surface area contributed by atoms with Crippen LogP contribution in [0.4, 0.5) is 4.39 Å². The molecule has 0 aliphatic heterocycles. The number of nitrogens with zero attached hydrogens (tertiary/aromatic N) is 2. The smallest absolute Gasteiger partial charge is 0.137 e. The molecule has 0 unspecified atom stereocenters. The van der Waals surface area contributed by atoms with E-state index in [2.05, 4.69) is 43.6 Å². The van der Waals surface area contributed by atoms with Gasteiger partial charge in [0.15, 0.2) is 0 Å². The Kier molecular flexibility index (Phi) is 3.63. The van der Waals surface area contributed by atoms with E-state index in [1.54, 1.807) is 12.1 Å². The van der Waals surface area contributed by atoms with Gasteiger partial charge in [-0.05, 0) is 63.1 Å². The minimum absolute atomic E-state index is 0.211. The molecule has 1 aromatic carbocycles. The molecule has 2 nitrogen and oxygen atoms in total. The van der Waals surface area contributed by atoms with E-state index in [0.29, 0.717) is 6.54 Å². The molecule has 0 radical (unpaired) electrons. The molecule has 5 heteroatoms. The van der Waals surface area contributed by atoms with Crippen molar-refractivity contribution in [2.24, 2.45) is 0 Å². The summed E-state index contributed by atoms with van der Waals surface area (Å²) in [6.45, 7) is 2.66. The molecule has 0 saturated carbocycles. The molecule has 0 N–H and O–H groups in total. The van der Waals surface area contributed by atoms with E-state index in [4.69, 9.17) is 0 Å². The topological polar surface area (TPSA) is 17.8 Å². The van der Waals surface area contributed by atoms with Gasteiger partial charge in [0.2, 0.25) is 0 Å². The fraction of sp³-hybridized carbons (Fsp3) is 0.182. The molecule has 84 valence electrons. The summed E-state index contributed by atoms with van der Waals surface area (Å²) in [5.41, 5.74) is 2.12. The molecule has 2 aromatic rings. The standard InChI is InChI=1S/C11H9BrFIN2/c1-7-10(12)11(14)15-16(7)6-8-2-4-9(13)5-3-8/h2-5H,6H2,1H3. The van der Waals surface area contributed by atoms with Gasteiger partial charge in [0.05, 0.1) is 16.7 Å². The number of hydrogen-bond donors (Lipinski definition) is 0. The number of benzene rings is 1. The summed E-state index contributed by atoms with van der Waals surface area (Å²) in [6, 6.07) is 6.48. The lowest BCUT2D eigenvalue weighted by Gasteiger charge is -2.04. The van der Waals surface area contributed by atoms with Crippen LogP contribution in [-0.2, 0) is 6.54 Å². The number of halogens is 3. The number of hydrogen-bond acceptors (Lipinski definition) is 1. The van der Waals surface area contributed by atoms with Crippen LogP contribution in [0.5, 0.6) is 0 Å². The van der Waals surface area contributed by atoms with Crippen molar-refractivity contribution in [3.63, 3.8) is 0 Å². The summed E-state index contributed by atoms with van der Waals surface area (Å²) in [4.78, 5) is 0. The first-order valence-electron chi connectivity index (χ1n) is 4.71. The van der Waals surface area contributed by atoms with E-state index in [9.17, 15) is 4.39 Å². The van der Waals surface area contributed by atoms with Gasteiger partial charge in [-0.1, -0.05) is 12.1 Å². The van der Waals surface area contributed by atoms with Gasteiger partial charge in [-0.3, -0.25) is 4.68 Å². The molecule has 16 heavy (non-hydrogen) atoms. The van der Waals surface area contributed by atoms with Crippen LogP contribution in [0.15, 0.2) is 28.7 Å². The van der Waals surface area contributed by atoms with Crippen molar-refractivity contribution in [2.75, 3.05) is 0 Å². The highest BCUT2D eigenvalue weighted by Crippen LogP contribution is 2.22. The van der Waals surface area contributed by atoms with Crippen LogP contribution in [0, 0.1) is 16.4 Å². The summed E-state index contributed by atoms with van der Waals surface area (Å²) in [5, 5.41) is 4.39. The van der Waals surface area contributed by atoms with Crippen LogP contribution in [0.2, 0.25) is 0 Å². The maximum Gasteiger partial charge on any atom is 0.137 e. The highest BCUT2D eigenvalue weighted by molar-refractivity contribution is 14.1. The Balaban J connectivity index is 2.27. The van der Waals surface area contributed by atoms with Crippen molar-refractivity contribution in [3.8, 4) is 0 Å². The quantitative estimate of drug-likeness (QED) is 0.709. The molecule has 0 aliphatic carbocycles. The number of rotatable bonds is 2. The van der Waals surface area contributed by atoms with Crippen molar-refractivity contribution < 1.29 is 4.39 Å². The van der Waals surface area contributed by atoms with Crippen LogP contribution in [0.3, 0.4) is 0 Å². The summed E-state index contributed by atoms with van der Waals surface area (Å²) in [7, 11) is 0. The molecular weight excluding hydrogens is 386 g/mol. The van der Waals surface area contributed by atoms with Gasteiger partial charge in [0.25, 0.3) is 0 Å². The van der Waals surface area contributed by atoms with Crippen molar-refractivity contribution in [2.45, 2.75) is 13.5 Å². The first kappa shape index (κ1) is 12.0. The molecule has 2 rings (SSSR count). The van der Waals surface area contributed by atoms with Crippen LogP contribution in [-0.4, -0.2) is 9.78 Å². The first-order chi connectivity index (χ1) is 7.58. The lowest BCUT2D eigenvalue weighted by molar-refractivity contribution is 0.622. The van der Waals surface area contributed by atoms with E-state index < -0.39 is 0 Å². The summed E-state index contributed by atoms with van der Waals surface area (Å²) < 4.78 is 16.6. The molecule has 1 aromatic heterocycles. The zero-order valence-corrected chi connectivity index (χ0v) is 12.3. The Morgan fingerprint density at radius 3 is 2.50 bits per heavy atom. The molecule has 0 amide bonds. The lowest BCUT2D eigenvalue weighted by atomic mass is 10.2. The van der Waals surface area contributed by atoms with E-state index in [1.807, 2.05) is 11.6 Å². The van der Waals surface area contributed by atoms with Crippen LogP contribution in [0.25, 0.3) is 0 Å². The van der Waals surface area contributed by atoms with Gasteiger partial charge >= 0.3 is 0 Å². The highest BCUT2D eigenvalue weighted by atomic mass is 127. The van der Waals surface area contributed by atoms with Gasteiger partial charge in [-0.15, -0.1) is 0 Å². The van der Waals surface area contributed by atoms with Crippen molar-refractivity contribution in [1.82, 2.24) is 9.78 Å². The van der Waals surface area contributed by atoms with Gasteiger partial charge in [-0.25, -0.2) is 4.39 Å². The molecule has 0 aliphatic rings. The summed E-state index contributed by atoms with van der Waals surface area (Å²) >= 11 is 5.65. The average molecular weight is 395 g/mol. The van der Waals surface area contributed by atoms with Crippen LogP contribution >= 0.6 is 38.5 Å².